The molecule has 0 aliphatic heterocycles. The minimum Gasteiger partial charge on any atom is -0.377 e. The van der Waals surface area contributed by atoms with Gasteiger partial charge in [-0.25, -0.2) is 4.98 Å². The molecule has 0 unspecified atom stereocenters. The zero-order chi connectivity index (χ0) is 14.5. The summed E-state index contributed by atoms with van der Waals surface area (Å²) in [6, 6.07) is 18.9. The summed E-state index contributed by atoms with van der Waals surface area (Å²) < 4.78 is 7.56. The number of hydrogen-bond donors (Lipinski definition) is 0. The zero-order valence-electron chi connectivity index (χ0n) is 12.3. The van der Waals surface area contributed by atoms with Crippen LogP contribution in [0.3, 0.4) is 0 Å². The van der Waals surface area contributed by atoms with Gasteiger partial charge in [-0.3, -0.25) is 0 Å². The quantitative estimate of drug-likeness (QED) is 0.686. The number of benzene rings is 2. The van der Waals surface area contributed by atoms with Crippen molar-refractivity contribution in [1.82, 2.24) is 9.55 Å². The average molecular weight is 280 g/mol. The van der Waals surface area contributed by atoms with Crippen molar-refractivity contribution >= 4 is 11.0 Å². The molecule has 0 spiro atoms. The predicted molar refractivity (Wildman–Crippen MR) is 85.2 cm³/mol. The number of aryl methyl sites for hydroxylation is 2. The molecule has 0 N–H and O–H groups in total. The van der Waals surface area contributed by atoms with E-state index in [1.165, 1.54) is 11.1 Å². The highest BCUT2D eigenvalue weighted by Gasteiger charge is 2.09. The van der Waals surface area contributed by atoms with Crippen LogP contribution in [0.5, 0.6) is 0 Å². The van der Waals surface area contributed by atoms with Gasteiger partial charge in [-0.15, -0.1) is 0 Å². The van der Waals surface area contributed by atoms with Crippen LogP contribution in [0.1, 0.15) is 17.8 Å². The van der Waals surface area contributed by atoms with E-state index < -0.39 is 0 Å². The number of nitrogens with zero attached hydrogens (tertiary/aromatic N) is 2. The van der Waals surface area contributed by atoms with Crippen molar-refractivity contribution < 1.29 is 4.74 Å². The summed E-state index contributed by atoms with van der Waals surface area (Å²) >= 11 is 0. The van der Waals surface area contributed by atoms with E-state index in [4.69, 9.17) is 4.74 Å². The molecular formula is C18H20N2O. The van der Waals surface area contributed by atoms with Crippen LogP contribution in [0.4, 0.5) is 0 Å². The topological polar surface area (TPSA) is 27.1 Å². The first kappa shape index (κ1) is 13.8. The van der Waals surface area contributed by atoms with E-state index >= 15 is 0 Å². The highest BCUT2D eigenvalue weighted by atomic mass is 16.5. The second-order valence-electron chi connectivity index (χ2n) is 5.19. The zero-order valence-corrected chi connectivity index (χ0v) is 12.3. The first-order valence-electron chi connectivity index (χ1n) is 7.35. The third-order valence-electron chi connectivity index (χ3n) is 3.70. The second kappa shape index (κ2) is 6.55. The van der Waals surface area contributed by atoms with E-state index in [0.29, 0.717) is 6.61 Å². The minimum absolute atomic E-state index is 0.556. The van der Waals surface area contributed by atoms with Crippen LogP contribution in [0, 0.1) is 0 Å². The number of ether oxygens (including phenoxy) is 1. The number of para-hydroxylation sites is 2. The van der Waals surface area contributed by atoms with Gasteiger partial charge < -0.3 is 9.30 Å². The van der Waals surface area contributed by atoms with E-state index in [1.807, 2.05) is 6.07 Å². The second-order valence-corrected chi connectivity index (χ2v) is 5.19. The SMILES string of the molecule is COCc1nc2ccccc2n1CCCc1ccccc1. The van der Waals surface area contributed by atoms with E-state index in [2.05, 4.69) is 58.1 Å². The molecule has 0 aliphatic rings. The average Bonchev–Trinajstić information content (AvgIpc) is 2.87. The Bertz CT molecular complexity index is 704. The Kier molecular flexibility index (Phi) is 4.31. The highest BCUT2D eigenvalue weighted by molar-refractivity contribution is 5.75. The van der Waals surface area contributed by atoms with Gasteiger partial charge in [0.05, 0.1) is 11.0 Å². The molecule has 2 aromatic carbocycles. The number of hydrogen-bond acceptors (Lipinski definition) is 2. The Labute approximate surface area is 125 Å². The largest absolute Gasteiger partial charge is 0.377 e. The molecule has 3 heteroatoms. The van der Waals surface area contributed by atoms with Crippen LogP contribution in [-0.2, 0) is 24.3 Å². The fraction of sp³-hybridized carbons (Fsp3) is 0.278. The van der Waals surface area contributed by atoms with Gasteiger partial charge in [-0.1, -0.05) is 42.5 Å². The number of fused-ring (bicyclic) bond motifs is 1. The molecule has 0 fully saturated rings. The first-order chi connectivity index (χ1) is 10.4. The summed E-state index contributed by atoms with van der Waals surface area (Å²) in [4.78, 5) is 4.67. The van der Waals surface area contributed by atoms with E-state index in [0.717, 1.165) is 30.7 Å². The van der Waals surface area contributed by atoms with E-state index in [-0.39, 0.29) is 0 Å². The van der Waals surface area contributed by atoms with Gasteiger partial charge in [-0.05, 0) is 30.5 Å². The van der Waals surface area contributed by atoms with Gasteiger partial charge in [0.1, 0.15) is 12.4 Å². The van der Waals surface area contributed by atoms with E-state index in [1.54, 1.807) is 7.11 Å². The summed E-state index contributed by atoms with van der Waals surface area (Å²) in [7, 11) is 1.72. The number of rotatable bonds is 6. The maximum atomic E-state index is 5.28. The monoisotopic (exact) mass is 280 g/mol. The van der Waals surface area contributed by atoms with Gasteiger partial charge in [0.2, 0.25) is 0 Å². The smallest absolute Gasteiger partial charge is 0.135 e. The molecule has 0 radical (unpaired) electrons. The van der Waals surface area contributed by atoms with Crippen LogP contribution in [0.15, 0.2) is 54.6 Å². The Morgan fingerprint density at radius 1 is 1.00 bits per heavy atom. The number of methoxy groups -OCH3 is 1. The lowest BCUT2D eigenvalue weighted by Crippen LogP contribution is -2.06. The Morgan fingerprint density at radius 3 is 2.57 bits per heavy atom. The lowest BCUT2D eigenvalue weighted by Gasteiger charge is -2.09. The number of aromatic nitrogens is 2. The lowest BCUT2D eigenvalue weighted by atomic mass is 10.1. The molecule has 1 aromatic heterocycles. The van der Waals surface area contributed by atoms with Crippen LogP contribution in [0.2, 0.25) is 0 Å². The Morgan fingerprint density at radius 2 is 1.76 bits per heavy atom. The van der Waals surface area contributed by atoms with Crippen LogP contribution >= 0.6 is 0 Å². The predicted octanol–water partition coefficient (Wildman–Crippen LogP) is 3.82. The highest BCUT2D eigenvalue weighted by Crippen LogP contribution is 2.17. The molecule has 0 saturated heterocycles. The summed E-state index contributed by atoms with van der Waals surface area (Å²) in [5.74, 6) is 1.01. The van der Waals surface area contributed by atoms with Crippen LogP contribution < -0.4 is 0 Å². The maximum absolute atomic E-state index is 5.28. The third kappa shape index (κ3) is 3.14. The fourth-order valence-electron chi connectivity index (χ4n) is 2.70. The standard InChI is InChI=1S/C18H20N2O/c1-21-14-18-19-16-11-5-6-12-17(16)20(18)13-7-10-15-8-3-2-4-9-15/h2-6,8-9,11-12H,7,10,13-14H2,1H3. The summed E-state index contributed by atoms with van der Waals surface area (Å²) in [5, 5.41) is 0. The first-order valence-corrected chi connectivity index (χ1v) is 7.35. The summed E-state index contributed by atoms with van der Waals surface area (Å²) in [6.07, 6.45) is 2.18. The maximum Gasteiger partial charge on any atom is 0.135 e. The van der Waals surface area contributed by atoms with Crippen molar-refractivity contribution in [2.45, 2.75) is 26.0 Å². The molecule has 0 amide bonds. The van der Waals surface area contributed by atoms with Crippen molar-refractivity contribution in [2.75, 3.05) is 7.11 Å². The molecule has 0 aliphatic carbocycles. The van der Waals surface area contributed by atoms with Crippen molar-refractivity contribution in [3.05, 3.63) is 66.0 Å². The van der Waals surface area contributed by atoms with Crippen molar-refractivity contribution in [1.29, 1.82) is 0 Å². The van der Waals surface area contributed by atoms with Gasteiger partial charge in [-0.2, -0.15) is 0 Å². The van der Waals surface area contributed by atoms with Gasteiger partial charge in [0.15, 0.2) is 0 Å². The molecule has 1 heterocycles. The third-order valence-corrected chi connectivity index (χ3v) is 3.70. The molecule has 0 atom stereocenters. The van der Waals surface area contributed by atoms with Crippen LogP contribution in [0.25, 0.3) is 11.0 Å². The molecule has 3 rings (SSSR count). The van der Waals surface area contributed by atoms with E-state index in [9.17, 15) is 0 Å². The fourth-order valence-corrected chi connectivity index (χ4v) is 2.70. The molecule has 3 nitrogen and oxygen atoms in total. The Balaban J connectivity index is 1.77. The van der Waals surface area contributed by atoms with Crippen molar-refractivity contribution in [3.63, 3.8) is 0 Å². The summed E-state index contributed by atoms with van der Waals surface area (Å²) in [6.45, 7) is 1.52. The van der Waals surface area contributed by atoms with Gasteiger partial charge in [0.25, 0.3) is 0 Å². The molecule has 21 heavy (non-hydrogen) atoms. The van der Waals surface area contributed by atoms with Crippen LogP contribution in [-0.4, -0.2) is 16.7 Å². The Hall–Kier alpha value is -2.13. The van der Waals surface area contributed by atoms with Gasteiger partial charge in [0, 0.05) is 13.7 Å². The lowest BCUT2D eigenvalue weighted by molar-refractivity contribution is 0.174. The molecular weight excluding hydrogens is 260 g/mol. The van der Waals surface area contributed by atoms with Gasteiger partial charge >= 0.3 is 0 Å². The summed E-state index contributed by atoms with van der Waals surface area (Å²) in [5.41, 5.74) is 3.62. The molecule has 0 saturated carbocycles. The molecule has 0 bridgehead atoms. The normalized spacial score (nSPS) is 11.1. The number of imidazole rings is 1. The minimum atomic E-state index is 0.556. The molecule has 3 aromatic rings. The molecule has 108 valence electrons. The van der Waals surface area contributed by atoms with Crippen molar-refractivity contribution in [3.8, 4) is 0 Å². The van der Waals surface area contributed by atoms with Crippen molar-refractivity contribution in [2.24, 2.45) is 0 Å².